The molecule has 0 unspecified atom stereocenters. The number of amides is 1. The predicted octanol–water partition coefficient (Wildman–Crippen LogP) is 1.12. The van der Waals surface area contributed by atoms with Gasteiger partial charge in [0.25, 0.3) is 0 Å². The van der Waals surface area contributed by atoms with E-state index in [9.17, 15) is 13.2 Å². The van der Waals surface area contributed by atoms with Crippen LogP contribution in [0.1, 0.15) is 5.56 Å². The highest BCUT2D eigenvalue weighted by atomic mass is 79.9. The second-order valence-corrected chi connectivity index (χ2v) is 7.97. The van der Waals surface area contributed by atoms with Crippen molar-refractivity contribution in [3.05, 3.63) is 34.3 Å². The Kier molecular flexibility index (Phi) is 7.12. The van der Waals surface area contributed by atoms with Crippen molar-refractivity contribution in [1.82, 2.24) is 10.6 Å². The van der Waals surface area contributed by atoms with Crippen LogP contribution in [0.4, 0.5) is 0 Å². The van der Waals surface area contributed by atoms with Gasteiger partial charge in [-0.15, -0.1) is 12.4 Å². The lowest BCUT2D eigenvalue weighted by Gasteiger charge is -2.27. The number of sulfone groups is 1. The molecule has 1 amide bonds. The van der Waals surface area contributed by atoms with Crippen molar-refractivity contribution in [3.63, 3.8) is 0 Å². The zero-order valence-electron chi connectivity index (χ0n) is 11.3. The van der Waals surface area contributed by atoms with E-state index in [1.165, 1.54) is 0 Å². The van der Waals surface area contributed by atoms with Gasteiger partial charge in [0.15, 0.2) is 9.84 Å². The van der Waals surface area contributed by atoms with Crippen LogP contribution in [0.3, 0.4) is 0 Å². The Morgan fingerprint density at radius 3 is 2.67 bits per heavy atom. The number of nitrogens with one attached hydrogen (secondary N) is 2. The molecule has 5 nitrogen and oxygen atoms in total. The average Bonchev–Trinajstić information content (AvgIpc) is 2.24. The molecule has 1 heterocycles. The zero-order chi connectivity index (χ0) is 14.6. The highest BCUT2D eigenvalue weighted by Gasteiger charge is 2.20. The van der Waals surface area contributed by atoms with Gasteiger partial charge in [0.05, 0.1) is 5.75 Å². The van der Waals surface area contributed by atoms with Crippen molar-refractivity contribution in [3.8, 4) is 0 Å². The van der Waals surface area contributed by atoms with Crippen molar-refractivity contribution in [2.24, 2.45) is 5.92 Å². The molecular weight excluding hydrogens is 380 g/mol. The van der Waals surface area contributed by atoms with Gasteiger partial charge >= 0.3 is 0 Å². The molecule has 1 aliphatic rings. The number of carbonyl (C=O) groups excluding carboxylic acids is 1. The van der Waals surface area contributed by atoms with Gasteiger partial charge in [-0.05, 0) is 17.7 Å². The third-order valence-corrected chi connectivity index (χ3v) is 5.05. The van der Waals surface area contributed by atoms with E-state index in [1.54, 1.807) is 18.2 Å². The van der Waals surface area contributed by atoms with Gasteiger partial charge in [-0.1, -0.05) is 28.1 Å². The minimum absolute atomic E-state index is 0. The van der Waals surface area contributed by atoms with Crippen LogP contribution in [-0.4, -0.2) is 39.7 Å². The molecule has 2 rings (SSSR count). The van der Waals surface area contributed by atoms with E-state index in [0.717, 1.165) is 17.6 Å². The Hall–Kier alpha value is -0.630. The molecule has 1 aliphatic heterocycles. The van der Waals surface area contributed by atoms with E-state index in [1.807, 2.05) is 6.07 Å². The Morgan fingerprint density at radius 2 is 2.10 bits per heavy atom. The fourth-order valence-electron chi connectivity index (χ4n) is 1.93. The molecule has 0 radical (unpaired) electrons. The average molecular weight is 398 g/mol. The van der Waals surface area contributed by atoms with Crippen molar-refractivity contribution < 1.29 is 13.2 Å². The predicted molar refractivity (Wildman–Crippen MR) is 88.3 cm³/mol. The van der Waals surface area contributed by atoms with Crippen LogP contribution in [-0.2, 0) is 20.4 Å². The van der Waals surface area contributed by atoms with E-state index in [0.29, 0.717) is 18.0 Å². The summed E-state index contributed by atoms with van der Waals surface area (Å²) in [6.07, 6.45) is 0. The number of rotatable bonds is 6. The second kappa shape index (κ2) is 8.12. The summed E-state index contributed by atoms with van der Waals surface area (Å²) in [7, 11) is -3.44. The van der Waals surface area contributed by atoms with Crippen LogP contribution < -0.4 is 10.6 Å². The fourth-order valence-corrected chi connectivity index (χ4v) is 3.67. The van der Waals surface area contributed by atoms with Crippen LogP contribution in [0.15, 0.2) is 28.7 Å². The van der Waals surface area contributed by atoms with Crippen LogP contribution in [0, 0.1) is 5.92 Å². The zero-order valence-corrected chi connectivity index (χ0v) is 14.6. The molecule has 1 saturated heterocycles. The monoisotopic (exact) mass is 396 g/mol. The summed E-state index contributed by atoms with van der Waals surface area (Å²) in [6.45, 7) is 2.30. The Bertz CT molecular complexity index is 591. The Balaban J connectivity index is 0.00000220. The summed E-state index contributed by atoms with van der Waals surface area (Å²) in [5.41, 5.74) is 0.676. The molecule has 0 aliphatic carbocycles. The molecule has 2 N–H and O–H groups in total. The van der Waals surface area contributed by atoms with Crippen LogP contribution in [0.25, 0.3) is 0 Å². The fraction of sp³-hybridized carbons (Fsp3) is 0.462. The number of carbonyl (C=O) groups is 1. The molecule has 1 aromatic rings. The van der Waals surface area contributed by atoms with Crippen molar-refractivity contribution >= 4 is 44.1 Å². The standard InChI is InChI=1S/C13H17BrN2O3S.ClH/c14-12-3-1-2-10(4-12)8-20(18,19)9-13(17)16-7-11-5-15-6-11;/h1-4,11,15H,5-9H2,(H,16,17);1H. The van der Waals surface area contributed by atoms with Gasteiger partial charge in [0.2, 0.25) is 5.91 Å². The van der Waals surface area contributed by atoms with Gasteiger partial charge < -0.3 is 10.6 Å². The number of benzene rings is 1. The number of hydrogen-bond acceptors (Lipinski definition) is 4. The topological polar surface area (TPSA) is 75.3 Å². The number of halogens is 2. The van der Waals surface area contributed by atoms with Gasteiger partial charge in [0, 0.05) is 30.0 Å². The summed E-state index contributed by atoms with van der Waals surface area (Å²) < 4.78 is 24.7. The van der Waals surface area contributed by atoms with Crippen LogP contribution in [0.2, 0.25) is 0 Å². The highest BCUT2D eigenvalue weighted by Crippen LogP contribution is 2.14. The maximum atomic E-state index is 12.0. The lowest BCUT2D eigenvalue weighted by molar-refractivity contribution is -0.118. The quantitative estimate of drug-likeness (QED) is 0.754. The van der Waals surface area contributed by atoms with Gasteiger partial charge in [-0.3, -0.25) is 4.79 Å². The first-order valence-electron chi connectivity index (χ1n) is 6.37. The van der Waals surface area contributed by atoms with Crippen molar-refractivity contribution in [2.75, 3.05) is 25.4 Å². The minimum Gasteiger partial charge on any atom is -0.355 e. The normalized spacial score (nSPS) is 14.9. The summed E-state index contributed by atoms with van der Waals surface area (Å²) >= 11 is 3.30. The Labute approximate surface area is 139 Å². The molecule has 8 heteroatoms. The highest BCUT2D eigenvalue weighted by molar-refractivity contribution is 9.10. The lowest BCUT2D eigenvalue weighted by Crippen LogP contribution is -2.48. The summed E-state index contributed by atoms with van der Waals surface area (Å²) in [4.78, 5) is 11.6. The van der Waals surface area contributed by atoms with Crippen LogP contribution in [0.5, 0.6) is 0 Å². The van der Waals surface area contributed by atoms with Crippen LogP contribution >= 0.6 is 28.3 Å². The lowest BCUT2D eigenvalue weighted by atomic mass is 10.0. The molecule has 0 bridgehead atoms. The first-order valence-corrected chi connectivity index (χ1v) is 8.98. The molecule has 1 fully saturated rings. The first kappa shape index (κ1) is 18.4. The van der Waals surface area contributed by atoms with Gasteiger partial charge in [0.1, 0.15) is 5.75 Å². The summed E-state index contributed by atoms with van der Waals surface area (Å²) in [6, 6.07) is 7.09. The summed E-state index contributed by atoms with van der Waals surface area (Å²) in [5, 5.41) is 5.77. The van der Waals surface area contributed by atoms with Crippen molar-refractivity contribution in [1.29, 1.82) is 0 Å². The largest absolute Gasteiger partial charge is 0.355 e. The Morgan fingerprint density at radius 1 is 1.38 bits per heavy atom. The first-order chi connectivity index (χ1) is 9.44. The third kappa shape index (κ3) is 6.34. The molecule has 21 heavy (non-hydrogen) atoms. The molecule has 0 aromatic heterocycles. The summed E-state index contributed by atoms with van der Waals surface area (Å²) in [5.74, 6) is -0.580. The minimum atomic E-state index is -3.44. The van der Waals surface area contributed by atoms with E-state index in [4.69, 9.17) is 0 Å². The van der Waals surface area contributed by atoms with E-state index >= 15 is 0 Å². The molecule has 118 valence electrons. The smallest absolute Gasteiger partial charge is 0.235 e. The third-order valence-electron chi connectivity index (χ3n) is 3.08. The van der Waals surface area contributed by atoms with E-state index in [2.05, 4.69) is 26.6 Å². The van der Waals surface area contributed by atoms with Crippen molar-refractivity contribution in [2.45, 2.75) is 5.75 Å². The van der Waals surface area contributed by atoms with Gasteiger partial charge in [-0.25, -0.2) is 8.42 Å². The molecule has 1 aromatic carbocycles. The maximum Gasteiger partial charge on any atom is 0.235 e. The molecule has 0 saturated carbocycles. The van der Waals surface area contributed by atoms with Gasteiger partial charge in [-0.2, -0.15) is 0 Å². The molecule has 0 spiro atoms. The van der Waals surface area contributed by atoms with E-state index < -0.39 is 21.5 Å². The molecular formula is C13H18BrClN2O3S. The second-order valence-electron chi connectivity index (χ2n) is 4.99. The van der Waals surface area contributed by atoms with E-state index in [-0.39, 0.29) is 18.2 Å². The number of hydrogen-bond donors (Lipinski definition) is 2. The maximum absolute atomic E-state index is 12.0. The SMILES string of the molecule is Cl.O=C(CS(=O)(=O)Cc1cccc(Br)c1)NCC1CNC1. The molecule has 0 atom stereocenters.